The van der Waals surface area contributed by atoms with E-state index in [0.29, 0.717) is 35.6 Å². The summed E-state index contributed by atoms with van der Waals surface area (Å²) in [6, 6.07) is 3.83. The van der Waals surface area contributed by atoms with Gasteiger partial charge in [-0.25, -0.2) is 19.2 Å². The molecule has 36 heavy (non-hydrogen) atoms. The van der Waals surface area contributed by atoms with Crippen LogP contribution < -0.4 is 0 Å². The highest BCUT2D eigenvalue weighted by Crippen LogP contribution is 2.28. The molecule has 2 aromatic rings. The van der Waals surface area contributed by atoms with Crippen LogP contribution in [-0.2, 0) is 51.0 Å². The Labute approximate surface area is 209 Å². The van der Waals surface area contributed by atoms with Gasteiger partial charge in [0, 0.05) is 11.4 Å². The highest BCUT2D eigenvalue weighted by Gasteiger charge is 2.23. The fourth-order valence-electron chi connectivity index (χ4n) is 3.66. The molecule has 0 aromatic carbocycles. The van der Waals surface area contributed by atoms with E-state index in [1.165, 1.54) is 40.6 Å². The Kier molecular flexibility index (Phi) is 10.3. The zero-order chi connectivity index (χ0) is 26.8. The average molecular weight is 501 g/mol. The fraction of sp³-hybridized carbons (Fsp3) is 0.385. The highest BCUT2D eigenvalue weighted by atomic mass is 16.5. The normalized spacial score (nSPS) is 10.3. The van der Waals surface area contributed by atoms with Crippen molar-refractivity contribution in [3.8, 4) is 11.4 Å². The first-order valence-electron chi connectivity index (χ1n) is 11.4. The monoisotopic (exact) mass is 500 g/mol. The average Bonchev–Trinajstić information content (AvgIpc) is 3.48. The Balaban J connectivity index is 2.66. The molecule has 0 atom stereocenters. The van der Waals surface area contributed by atoms with Crippen LogP contribution in [0.1, 0.15) is 49.2 Å². The second-order valence-corrected chi connectivity index (χ2v) is 7.83. The molecule has 10 nitrogen and oxygen atoms in total. The minimum atomic E-state index is -0.809. The summed E-state index contributed by atoms with van der Waals surface area (Å²) < 4.78 is 18.9. The summed E-state index contributed by atoms with van der Waals surface area (Å²) in [5.41, 5.74) is 3.78. The molecule has 0 aliphatic rings. The predicted molar refractivity (Wildman–Crippen MR) is 133 cm³/mol. The molecule has 2 heterocycles. The van der Waals surface area contributed by atoms with Crippen LogP contribution >= 0.6 is 0 Å². The van der Waals surface area contributed by atoms with Gasteiger partial charge in [-0.05, 0) is 48.3 Å². The number of rotatable bonds is 11. The van der Waals surface area contributed by atoms with E-state index in [2.05, 4.69) is 9.97 Å². The molecule has 0 aliphatic carbocycles. The van der Waals surface area contributed by atoms with Gasteiger partial charge in [0.2, 0.25) is 0 Å². The first-order chi connectivity index (χ1) is 17.2. The number of carbonyl (C=O) groups excluding carboxylic acids is 4. The number of aromatic nitrogens is 2. The lowest BCUT2D eigenvalue weighted by atomic mass is 10.1. The molecular weight excluding hydrogens is 468 g/mol. The van der Waals surface area contributed by atoms with Crippen molar-refractivity contribution in [2.75, 3.05) is 28.4 Å². The predicted octanol–water partition coefficient (Wildman–Crippen LogP) is 3.37. The van der Waals surface area contributed by atoms with Crippen LogP contribution in [0.5, 0.6) is 0 Å². The minimum absolute atomic E-state index is 0.242. The smallest absolute Gasteiger partial charge is 0.345 e. The summed E-state index contributed by atoms with van der Waals surface area (Å²) in [6.45, 7) is 4.03. The number of aromatic amines is 2. The van der Waals surface area contributed by atoms with Crippen LogP contribution in [0.25, 0.3) is 23.5 Å². The van der Waals surface area contributed by atoms with Gasteiger partial charge in [0.1, 0.15) is 11.1 Å². The second kappa shape index (κ2) is 13.1. The van der Waals surface area contributed by atoms with Gasteiger partial charge in [-0.2, -0.15) is 0 Å². The molecule has 2 rings (SSSR count). The van der Waals surface area contributed by atoms with Crippen molar-refractivity contribution in [1.29, 1.82) is 0 Å². The zero-order valence-corrected chi connectivity index (χ0v) is 21.4. The van der Waals surface area contributed by atoms with Crippen molar-refractivity contribution >= 4 is 36.0 Å². The van der Waals surface area contributed by atoms with E-state index in [1.807, 2.05) is 26.0 Å². The summed E-state index contributed by atoms with van der Waals surface area (Å²) >= 11 is 0. The Morgan fingerprint density at radius 1 is 0.639 bits per heavy atom. The molecule has 0 spiro atoms. The van der Waals surface area contributed by atoms with Crippen molar-refractivity contribution in [2.45, 2.75) is 39.5 Å². The minimum Gasteiger partial charge on any atom is -0.465 e. The maximum Gasteiger partial charge on any atom is 0.345 e. The van der Waals surface area contributed by atoms with E-state index in [-0.39, 0.29) is 11.1 Å². The van der Waals surface area contributed by atoms with Gasteiger partial charge in [0.15, 0.2) is 0 Å². The van der Waals surface area contributed by atoms with Gasteiger partial charge in [0.05, 0.1) is 39.8 Å². The molecule has 0 aliphatic heterocycles. The lowest BCUT2D eigenvalue weighted by Gasteiger charge is -2.04. The highest BCUT2D eigenvalue weighted by molar-refractivity contribution is 6.18. The lowest BCUT2D eigenvalue weighted by molar-refractivity contribution is -0.145. The number of carbonyl (C=O) groups is 4. The Morgan fingerprint density at radius 3 is 1.19 bits per heavy atom. The summed E-state index contributed by atoms with van der Waals surface area (Å²) in [4.78, 5) is 55.1. The van der Waals surface area contributed by atoms with Gasteiger partial charge in [-0.15, -0.1) is 0 Å². The van der Waals surface area contributed by atoms with Crippen molar-refractivity contribution in [3.05, 3.63) is 45.8 Å². The van der Waals surface area contributed by atoms with Crippen LogP contribution in [0.4, 0.5) is 0 Å². The molecule has 0 radical (unpaired) electrons. The van der Waals surface area contributed by atoms with E-state index >= 15 is 0 Å². The Morgan fingerprint density at radius 2 is 0.944 bits per heavy atom. The van der Waals surface area contributed by atoms with E-state index in [9.17, 15) is 19.2 Å². The molecule has 0 amide bonds. The van der Waals surface area contributed by atoms with Crippen molar-refractivity contribution < 1.29 is 38.1 Å². The van der Waals surface area contributed by atoms with Crippen LogP contribution in [-0.4, -0.2) is 62.3 Å². The molecule has 2 aromatic heterocycles. The third-order valence-electron chi connectivity index (χ3n) is 5.40. The third-order valence-corrected chi connectivity index (χ3v) is 5.40. The number of ether oxygens (including phenoxy) is 4. The van der Waals surface area contributed by atoms with Crippen molar-refractivity contribution in [1.82, 2.24) is 9.97 Å². The maximum atomic E-state index is 12.2. The van der Waals surface area contributed by atoms with E-state index in [0.717, 1.165) is 24.0 Å². The Hall–Kier alpha value is -4.08. The number of hydrogen-bond donors (Lipinski definition) is 2. The molecule has 10 heteroatoms. The summed E-state index contributed by atoms with van der Waals surface area (Å²) in [6.07, 6.45) is 5.84. The van der Waals surface area contributed by atoms with Crippen LogP contribution in [0.2, 0.25) is 0 Å². The Bertz CT molecular complexity index is 1050. The molecule has 0 saturated carbocycles. The van der Waals surface area contributed by atoms with E-state index in [4.69, 9.17) is 18.9 Å². The van der Waals surface area contributed by atoms with Gasteiger partial charge in [-0.1, -0.05) is 26.7 Å². The molecular formula is C26H32N2O8. The van der Waals surface area contributed by atoms with Gasteiger partial charge in [-0.3, -0.25) is 0 Å². The lowest BCUT2D eigenvalue weighted by Crippen LogP contribution is -2.15. The maximum absolute atomic E-state index is 12.2. The first-order valence-corrected chi connectivity index (χ1v) is 11.4. The van der Waals surface area contributed by atoms with E-state index < -0.39 is 23.9 Å². The third kappa shape index (κ3) is 6.53. The SMILES string of the molecule is CCCc1cc(-c2cc(CCC)c(C=C(C(=O)OC)C(=O)OC)[nH]2)[nH]c1C=C(C(=O)OC)C(=O)OC. The van der Waals surface area contributed by atoms with Gasteiger partial charge in [0.25, 0.3) is 0 Å². The molecule has 0 bridgehead atoms. The molecule has 2 N–H and O–H groups in total. The summed E-state index contributed by atoms with van der Waals surface area (Å²) in [5.74, 6) is -3.24. The molecule has 0 saturated heterocycles. The van der Waals surface area contributed by atoms with Crippen LogP contribution in [0.3, 0.4) is 0 Å². The number of aryl methyl sites for hydroxylation is 2. The van der Waals surface area contributed by atoms with Crippen molar-refractivity contribution in [3.63, 3.8) is 0 Å². The van der Waals surface area contributed by atoms with Crippen molar-refractivity contribution in [2.24, 2.45) is 0 Å². The largest absolute Gasteiger partial charge is 0.465 e. The number of methoxy groups -OCH3 is 4. The van der Waals surface area contributed by atoms with Gasteiger partial charge < -0.3 is 28.9 Å². The molecule has 0 fully saturated rings. The molecule has 194 valence electrons. The quantitative estimate of drug-likeness (QED) is 0.158. The number of esters is 4. The van der Waals surface area contributed by atoms with Crippen LogP contribution in [0.15, 0.2) is 23.3 Å². The summed E-state index contributed by atoms with van der Waals surface area (Å²) in [7, 11) is 4.75. The van der Waals surface area contributed by atoms with Crippen LogP contribution in [0, 0.1) is 0 Å². The fourth-order valence-corrected chi connectivity index (χ4v) is 3.66. The number of H-pyrrole nitrogens is 2. The topological polar surface area (TPSA) is 137 Å². The standard InChI is InChI=1S/C26H32N2O8/c1-7-9-15-11-21(27-19(15)13-17(23(29)33-3)24(30)34-4)22-12-16(10-8-2)20(28-22)14-18(25(31)35-5)26(32)36-6/h11-14,27-28H,7-10H2,1-6H3. The first kappa shape index (κ1) is 28.2. The number of nitrogens with one attached hydrogen (secondary N) is 2. The van der Waals surface area contributed by atoms with E-state index in [1.54, 1.807) is 0 Å². The van der Waals surface area contributed by atoms with Gasteiger partial charge >= 0.3 is 23.9 Å². The molecule has 0 unspecified atom stereocenters. The zero-order valence-electron chi connectivity index (χ0n) is 21.4. The number of hydrogen-bond acceptors (Lipinski definition) is 8. The summed E-state index contributed by atoms with van der Waals surface area (Å²) in [5, 5.41) is 0. The second-order valence-electron chi connectivity index (χ2n) is 7.83.